The third-order valence-electron chi connectivity index (χ3n) is 2.61. The van der Waals surface area contributed by atoms with Crippen molar-refractivity contribution in [3.8, 4) is 5.88 Å². The molecule has 0 saturated carbocycles. The molecule has 1 aromatic heterocycles. The normalized spacial score (nSPS) is 12.2. The molecule has 1 rings (SSSR count). The van der Waals surface area contributed by atoms with Gasteiger partial charge in [-0.15, -0.1) is 11.6 Å². The van der Waals surface area contributed by atoms with Gasteiger partial charge in [0, 0.05) is 12.4 Å². The molecule has 1 N–H and O–H groups in total. The van der Waals surface area contributed by atoms with Crippen molar-refractivity contribution in [2.45, 2.75) is 26.2 Å². The molecule has 17 heavy (non-hydrogen) atoms. The van der Waals surface area contributed by atoms with Crippen molar-refractivity contribution in [1.82, 2.24) is 9.97 Å². The van der Waals surface area contributed by atoms with Crippen LogP contribution in [-0.2, 0) is 0 Å². The van der Waals surface area contributed by atoms with Crippen LogP contribution in [0.4, 0.5) is 5.82 Å². The van der Waals surface area contributed by atoms with Crippen LogP contribution in [-0.4, -0.2) is 29.5 Å². The lowest BCUT2D eigenvalue weighted by Crippen LogP contribution is -2.15. The zero-order valence-corrected chi connectivity index (χ0v) is 11.2. The lowest BCUT2D eigenvalue weighted by Gasteiger charge is -2.15. The Morgan fingerprint density at radius 3 is 2.88 bits per heavy atom. The van der Waals surface area contributed by atoms with Gasteiger partial charge in [0.25, 0.3) is 0 Å². The van der Waals surface area contributed by atoms with Gasteiger partial charge < -0.3 is 10.1 Å². The highest BCUT2D eigenvalue weighted by Gasteiger charge is 2.07. The highest BCUT2D eigenvalue weighted by molar-refractivity contribution is 6.17. The maximum atomic E-state index is 5.79. The molecule has 96 valence electrons. The molecule has 0 bridgehead atoms. The lowest BCUT2D eigenvalue weighted by molar-refractivity contribution is 0.396. The van der Waals surface area contributed by atoms with Crippen LogP contribution in [0.3, 0.4) is 0 Å². The summed E-state index contributed by atoms with van der Waals surface area (Å²) in [6.07, 6.45) is 6.67. The molecule has 0 aliphatic heterocycles. The third kappa shape index (κ3) is 5.22. The molecule has 0 spiro atoms. The van der Waals surface area contributed by atoms with Gasteiger partial charge in [-0.05, 0) is 18.8 Å². The van der Waals surface area contributed by atoms with Crippen molar-refractivity contribution in [2.75, 3.05) is 24.9 Å². The van der Waals surface area contributed by atoms with Crippen molar-refractivity contribution in [3.05, 3.63) is 12.4 Å². The maximum absolute atomic E-state index is 5.79. The van der Waals surface area contributed by atoms with Crippen LogP contribution in [0.1, 0.15) is 26.2 Å². The highest BCUT2D eigenvalue weighted by Crippen LogP contribution is 2.14. The van der Waals surface area contributed by atoms with E-state index < -0.39 is 0 Å². The van der Waals surface area contributed by atoms with E-state index in [9.17, 15) is 0 Å². The second-order valence-corrected chi connectivity index (χ2v) is 4.34. The Kier molecular flexibility index (Phi) is 6.70. The fourth-order valence-electron chi connectivity index (χ4n) is 1.69. The highest BCUT2D eigenvalue weighted by atomic mass is 35.5. The first kappa shape index (κ1) is 14.0. The monoisotopic (exact) mass is 257 g/mol. The molecule has 0 saturated heterocycles. The summed E-state index contributed by atoms with van der Waals surface area (Å²) in [7, 11) is 1.58. The summed E-state index contributed by atoms with van der Waals surface area (Å²) in [5, 5.41) is 3.28. The number of methoxy groups -OCH3 is 1. The molecule has 5 heteroatoms. The van der Waals surface area contributed by atoms with E-state index in [0.717, 1.165) is 18.8 Å². The first-order chi connectivity index (χ1) is 8.30. The summed E-state index contributed by atoms with van der Waals surface area (Å²) in [6, 6.07) is 0. The summed E-state index contributed by atoms with van der Waals surface area (Å²) in [4.78, 5) is 8.30. The van der Waals surface area contributed by atoms with Crippen molar-refractivity contribution in [2.24, 2.45) is 5.92 Å². The number of hydrogen-bond acceptors (Lipinski definition) is 4. The zero-order valence-electron chi connectivity index (χ0n) is 10.4. The van der Waals surface area contributed by atoms with Gasteiger partial charge in [0.05, 0.1) is 19.5 Å². The molecule has 0 aliphatic rings. The van der Waals surface area contributed by atoms with Crippen LogP contribution in [0, 0.1) is 5.92 Å². The van der Waals surface area contributed by atoms with E-state index in [1.165, 1.54) is 12.8 Å². The Labute approximate surface area is 108 Å². The quantitative estimate of drug-likeness (QED) is 0.728. The van der Waals surface area contributed by atoms with E-state index in [-0.39, 0.29) is 0 Å². The molecule has 0 aromatic carbocycles. The third-order valence-corrected chi connectivity index (χ3v) is 2.83. The first-order valence-electron chi connectivity index (χ1n) is 5.96. The molecule has 0 aliphatic carbocycles. The van der Waals surface area contributed by atoms with Crippen LogP contribution < -0.4 is 10.1 Å². The van der Waals surface area contributed by atoms with Gasteiger partial charge in [-0.25, -0.2) is 0 Å². The summed E-state index contributed by atoms with van der Waals surface area (Å²) >= 11 is 5.79. The average molecular weight is 258 g/mol. The second-order valence-electron chi connectivity index (χ2n) is 3.96. The number of aromatic nitrogens is 2. The minimum absolute atomic E-state index is 0.527. The Bertz CT molecular complexity index is 316. The zero-order chi connectivity index (χ0) is 12.5. The van der Waals surface area contributed by atoms with Crippen LogP contribution in [0.15, 0.2) is 12.4 Å². The molecule has 1 unspecified atom stereocenters. The summed E-state index contributed by atoms with van der Waals surface area (Å²) in [5.41, 5.74) is 0. The molecule has 1 aromatic rings. The Morgan fingerprint density at radius 1 is 1.41 bits per heavy atom. The van der Waals surface area contributed by atoms with E-state index >= 15 is 0 Å². The minimum atomic E-state index is 0.527. The Hall–Kier alpha value is -1.03. The standard InChI is InChI=1S/C12H20ClN3O/c1-3-4-10(5-6-13)7-15-11-8-14-9-12(16-11)17-2/h8-10H,3-7H2,1-2H3,(H,15,16). The molecule has 0 amide bonds. The molecule has 0 fully saturated rings. The SMILES string of the molecule is CCCC(CCCl)CNc1cncc(OC)n1. The number of hydrogen-bond donors (Lipinski definition) is 1. The van der Waals surface area contributed by atoms with E-state index in [1.807, 2.05) is 0 Å². The molecule has 1 atom stereocenters. The summed E-state index contributed by atoms with van der Waals surface area (Å²) in [6.45, 7) is 3.06. The number of rotatable bonds is 8. The van der Waals surface area contributed by atoms with E-state index in [0.29, 0.717) is 17.7 Å². The van der Waals surface area contributed by atoms with Gasteiger partial charge in [-0.1, -0.05) is 13.3 Å². The first-order valence-corrected chi connectivity index (χ1v) is 6.49. The summed E-state index contributed by atoms with van der Waals surface area (Å²) in [5.74, 6) is 2.57. The van der Waals surface area contributed by atoms with E-state index in [1.54, 1.807) is 19.5 Å². The molecular weight excluding hydrogens is 238 g/mol. The van der Waals surface area contributed by atoms with Crippen LogP contribution in [0.5, 0.6) is 5.88 Å². The number of alkyl halides is 1. The maximum Gasteiger partial charge on any atom is 0.233 e. The topological polar surface area (TPSA) is 47.0 Å². The molecule has 1 heterocycles. The van der Waals surface area contributed by atoms with Crippen molar-refractivity contribution in [3.63, 3.8) is 0 Å². The van der Waals surface area contributed by atoms with Gasteiger partial charge in [-0.2, -0.15) is 4.98 Å². The molecular formula is C12H20ClN3O. The number of anilines is 1. The van der Waals surface area contributed by atoms with Gasteiger partial charge in [0.15, 0.2) is 0 Å². The van der Waals surface area contributed by atoms with Crippen molar-refractivity contribution in [1.29, 1.82) is 0 Å². The van der Waals surface area contributed by atoms with Gasteiger partial charge in [0.2, 0.25) is 5.88 Å². The van der Waals surface area contributed by atoms with Gasteiger partial charge >= 0.3 is 0 Å². The number of ether oxygens (including phenoxy) is 1. The second kappa shape index (κ2) is 8.12. The molecule has 4 nitrogen and oxygen atoms in total. The Morgan fingerprint density at radius 2 is 2.24 bits per heavy atom. The smallest absolute Gasteiger partial charge is 0.233 e. The van der Waals surface area contributed by atoms with Crippen LogP contribution >= 0.6 is 11.6 Å². The average Bonchev–Trinajstić information content (AvgIpc) is 2.37. The lowest BCUT2D eigenvalue weighted by atomic mass is 10.0. The predicted octanol–water partition coefficient (Wildman–Crippen LogP) is 2.94. The van der Waals surface area contributed by atoms with Gasteiger partial charge in [-0.3, -0.25) is 4.98 Å². The fourth-order valence-corrected chi connectivity index (χ4v) is 2.00. The number of halogens is 1. The van der Waals surface area contributed by atoms with Crippen molar-refractivity contribution < 1.29 is 4.74 Å². The van der Waals surface area contributed by atoms with Crippen LogP contribution in [0.2, 0.25) is 0 Å². The number of nitrogens with one attached hydrogen (secondary N) is 1. The summed E-state index contributed by atoms with van der Waals surface area (Å²) < 4.78 is 5.02. The van der Waals surface area contributed by atoms with Crippen LogP contribution in [0.25, 0.3) is 0 Å². The van der Waals surface area contributed by atoms with Crippen molar-refractivity contribution >= 4 is 17.4 Å². The Balaban J connectivity index is 2.46. The predicted molar refractivity (Wildman–Crippen MR) is 70.8 cm³/mol. The van der Waals surface area contributed by atoms with Gasteiger partial charge in [0.1, 0.15) is 5.82 Å². The minimum Gasteiger partial charge on any atom is -0.480 e. The van der Waals surface area contributed by atoms with E-state index in [2.05, 4.69) is 22.2 Å². The molecule has 0 radical (unpaired) electrons. The number of nitrogens with zero attached hydrogens (tertiary/aromatic N) is 2. The fraction of sp³-hybridized carbons (Fsp3) is 0.667. The van der Waals surface area contributed by atoms with E-state index in [4.69, 9.17) is 16.3 Å². The largest absolute Gasteiger partial charge is 0.480 e.